The Labute approximate surface area is 119 Å². The lowest BCUT2D eigenvalue weighted by molar-refractivity contribution is -0.136. The molecule has 2 nitrogen and oxygen atoms in total. The molecule has 1 saturated heterocycles. The van der Waals surface area contributed by atoms with Gasteiger partial charge in [0.15, 0.2) is 0 Å². The lowest BCUT2D eigenvalue weighted by Crippen LogP contribution is -2.51. The number of β-lactam (4-membered cyclic amide) rings is 1. The molecular formula is C15H14NOPS. The molecule has 1 aliphatic heterocycles. The molecule has 0 N–H and O–H groups in total. The summed E-state index contributed by atoms with van der Waals surface area (Å²) in [6.45, 7) is 0. The molecule has 0 aliphatic carbocycles. The Morgan fingerprint density at radius 1 is 0.947 bits per heavy atom. The molecule has 1 unspecified atom stereocenters. The Bertz CT molecular complexity index is 575. The molecule has 0 aromatic heterocycles. The first-order valence-electron chi connectivity index (χ1n) is 6.12. The van der Waals surface area contributed by atoms with Gasteiger partial charge in [-0.15, -0.1) is 11.8 Å². The Morgan fingerprint density at radius 3 is 2.16 bits per heavy atom. The third kappa shape index (κ3) is 2.41. The van der Waals surface area contributed by atoms with Crippen LogP contribution in [0.1, 0.15) is 11.6 Å². The summed E-state index contributed by atoms with van der Waals surface area (Å²) in [4.78, 5) is 13.2. The molecule has 4 heteroatoms. The van der Waals surface area contributed by atoms with E-state index in [4.69, 9.17) is 0 Å². The summed E-state index contributed by atoms with van der Waals surface area (Å²) in [6, 6.07) is 20.4. The molecular weight excluding hydrogens is 273 g/mol. The van der Waals surface area contributed by atoms with Gasteiger partial charge >= 0.3 is 0 Å². The fraction of sp³-hybridized carbons (Fsp3) is 0.133. The topological polar surface area (TPSA) is 20.3 Å². The molecule has 0 spiro atoms. The van der Waals surface area contributed by atoms with Crippen molar-refractivity contribution < 1.29 is 4.79 Å². The van der Waals surface area contributed by atoms with E-state index in [0.29, 0.717) is 0 Å². The molecule has 2 aromatic rings. The second kappa shape index (κ2) is 5.36. The summed E-state index contributed by atoms with van der Waals surface area (Å²) in [5.41, 5.74) is 1.19. The molecule has 3 rings (SSSR count). The zero-order valence-corrected chi connectivity index (χ0v) is 12.2. The van der Waals surface area contributed by atoms with E-state index in [2.05, 4.69) is 21.5 Å². The zero-order chi connectivity index (χ0) is 13.2. The SMILES string of the molecule is O=C1[C@H](Sc2ccccc2)[C@H](c2ccccc2)N1P. The van der Waals surface area contributed by atoms with Crippen LogP contribution in [0.2, 0.25) is 0 Å². The van der Waals surface area contributed by atoms with Crippen LogP contribution in [0, 0.1) is 0 Å². The van der Waals surface area contributed by atoms with Crippen molar-refractivity contribution >= 4 is 27.1 Å². The van der Waals surface area contributed by atoms with E-state index in [0.717, 1.165) is 4.90 Å². The number of amides is 1. The van der Waals surface area contributed by atoms with Crippen LogP contribution in [0.5, 0.6) is 0 Å². The van der Waals surface area contributed by atoms with Gasteiger partial charge in [-0.1, -0.05) is 48.5 Å². The highest BCUT2D eigenvalue weighted by atomic mass is 32.2. The molecule has 3 atom stereocenters. The smallest absolute Gasteiger partial charge is 0.241 e. The fourth-order valence-electron chi connectivity index (χ4n) is 2.23. The van der Waals surface area contributed by atoms with Crippen molar-refractivity contribution in [3.63, 3.8) is 0 Å². The molecule has 0 radical (unpaired) electrons. The second-order valence-corrected chi connectivity index (χ2v) is 6.22. The molecule has 1 aliphatic rings. The highest BCUT2D eigenvalue weighted by Gasteiger charge is 2.46. The zero-order valence-electron chi connectivity index (χ0n) is 10.3. The highest BCUT2D eigenvalue weighted by molar-refractivity contribution is 8.00. The van der Waals surface area contributed by atoms with Crippen LogP contribution in [-0.4, -0.2) is 15.8 Å². The summed E-state index contributed by atoms with van der Waals surface area (Å²) in [6.07, 6.45) is 0. The number of hydrogen-bond acceptors (Lipinski definition) is 2. The van der Waals surface area contributed by atoms with Crippen LogP contribution >= 0.6 is 21.2 Å². The van der Waals surface area contributed by atoms with Crippen LogP contribution in [0.25, 0.3) is 0 Å². The first-order valence-corrected chi connectivity index (χ1v) is 7.51. The molecule has 1 fully saturated rings. The summed E-state index contributed by atoms with van der Waals surface area (Å²) in [5, 5.41) is -0.0256. The highest BCUT2D eigenvalue weighted by Crippen LogP contribution is 2.46. The molecule has 2 aromatic carbocycles. The average molecular weight is 287 g/mol. The van der Waals surface area contributed by atoms with Crippen LogP contribution in [0.4, 0.5) is 0 Å². The van der Waals surface area contributed by atoms with Gasteiger partial charge in [-0.05, 0) is 27.1 Å². The van der Waals surface area contributed by atoms with Gasteiger partial charge < -0.3 is 4.67 Å². The minimum atomic E-state index is -0.0256. The first-order chi connectivity index (χ1) is 9.27. The predicted molar refractivity (Wildman–Crippen MR) is 81.8 cm³/mol. The number of thioether (sulfide) groups is 1. The quantitative estimate of drug-likeness (QED) is 0.636. The van der Waals surface area contributed by atoms with Gasteiger partial charge in [0.05, 0.1) is 6.04 Å². The Balaban J connectivity index is 1.82. The third-order valence-corrected chi connectivity index (χ3v) is 5.07. The van der Waals surface area contributed by atoms with E-state index in [1.165, 1.54) is 5.56 Å². The monoisotopic (exact) mass is 287 g/mol. The summed E-state index contributed by atoms with van der Waals surface area (Å²) in [5.74, 6) is 0.174. The fourth-order valence-corrected chi connectivity index (χ4v) is 4.21. The van der Waals surface area contributed by atoms with Gasteiger partial charge in [-0.3, -0.25) is 4.79 Å². The van der Waals surface area contributed by atoms with Crippen molar-refractivity contribution in [3.8, 4) is 0 Å². The Hall–Kier alpha value is -1.31. The third-order valence-electron chi connectivity index (χ3n) is 3.23. The van der Waals surface area contributed by atoms with Crippen molar-refractivity contribution in [2.24, 2.45) is 0 Å². The van der Waals surface area contributed by atoms with Crippen LogP contribution in [0.15, 0.2) is 65.6 Å². The van der Waals surface area contributed by atoms with Crippen LogP contribution in [-0.2, 0) is 4.79 Å². The van der Waals surface area contributed by atoms with Crippen molar-refractivity contribution in [1.82, 2.24) is 4.67 Å². The van der Waals surface area contributed by atoms with Crippen molar-refractivity contribution in [2.45, 2.75) is 16.2 Å². The summed E-state index contributed by atoms with van der Waals surface area (Å²) >= 11 is 1.64. The van der Waals surface area contributed by atoms with E-state index >= 15 is 0 Å². The van der Waals surface area contributed by atoms with E-state index in [1.54, 1.807) is 16.4 Å². The number of benzene rings is 2. The lowest BCUT2D eigenvalue weighted by Gasteiger charge is -2.44. The van der Waals surface area contributed by atoms with Gasteiger partial charge in [-0.2, -0.15) is 0 Å². The standard InChI is InChI=1S/C15H14NOPS/c17-15-14(19-12-9-5-2-6-10-12)13(16(15)18)11-7-3-1-4-8-11/h1-10,13-14H,18H2/t13-,14+/m0/s1. The van der Waals surface area contributed by atoms with Gasteiger partial charge in [0.2, 0.25) is 5.91 Å². The average Bonchev–Trinajstić information content (AvgIpc) is 2.48. The summed E-state index contributed by atoms with van der Waals surface area (Å²) in [7, 11) is 2.53. The maximum absolute atomic E-state index is 12.0. The first kappa shape index (κ1) is 12.7. The van der Waals surface area contributed by atoms with Crippen LogP contribution in [0.3, 0.4) is 0 Å². The Kier molecular flexibility index (Phi) is 3.58. The Morgan fingerprint density at radius 2 is 1.53 bits per heavy atom. The molecule has 0 saturated carbocycles. The maximum Gasteiger partial charge on any atom is 0.241 e. The molecule has 0 bridgehead atoms. The van der Waals surface area contributed by atoms with E-state index in [-0.39, 0.29) is 17.2 Å². The largest absolute Gasteiger partial charge is 0.317 e. The predicted octanol–water partition coefficient (Wildman–Crippen LogP) is 3.52. The van der Waals surface area contributed by atoms with E-state index < -0.39 is 0 Å². The van der Waals surface area contributed by atoms with Gasteiger partial charge in [0.25, 0.3) is 0 Å². The maximum atomic E-state index is 12.0. The number of carbonyl (C=O) groups excluding carboxylic acids is 1. The molecule has 19 heavy (non-hydrogen) atoms. The van der Waals surface area contributed by atoms with Crippen LogP contribution < -0.4 is 0 Å². The van der Waals surface area contributed by atoms with Gasteiger partial charge in [-0.25, -0.2) is 0 Å². The number of nitrogens with zero attached hydrogens (tertiary/aromatic N) is 1. The number of carbonyl (C=O) groups is 1. The molecule has 1 amide bonds. The normalized spacial score (nSPS) is 22.2. The van der Waals surface area contributed by atoms with Crippen molar-refractivity contribution in [1.29, 1.82) is 0 Å². The minimum Gasteiger partial charge on any atom is -0.317 e. The number of hydrogen-bond donors (Lipinski definition) is 0. The van der Waals surface area contributed by atoms with Gasteiger partial charge in [0.1, 0.15) is 5.25 Å². The lowest BCUT2D eigenvalue weighted by atomic mass is 9.96. The van der Waals surface area contributed by atoms with Gasteiger partial charge in [0, 0.05) is 4.90 Å². The molecule has 96 valence electrons. The molecule has 1 heterocycles. The summed E-state index contributed by atoms with van der Waals surface area (Å²) < 4.78 is 1.75. The van der Waals surface area contributed by atoms with Crippen molar-refractivity contribution in [2.75, 3.05) is 0 Å². The second-order valence-electron chi connectivity index (χ2n) is 4.45. The minimum absolute atomic E-state index is 0.0256. The van der Waals surface area contributed by atoms with E-state index in [9.17, 15) is 4.79 Å². The van der Waals surface area contributed by atoms with Crippen molar-refractivity contribution in [3.05, 3.63) is 66.2 Å². The number of rotatable bonds is 3. The van der Waals surface area contributed by atoms with E-state index in [1.807, 2.05) is 48.5 Å².